The van der Waals surface area contributed by atoms with Crippen molar-refractivity contribution in [3.8, 4) is 33.4 Å². The van der Waals surface area contributed by atoms with Gasteiger partial charge in [-0.25, -0.2) is 0 Å². The average Bonchev–Trinajstić information content (AvgIpc) is 3.48. The predicted molar refractivity (Wildman–Crippen MR) is 199 cm³/mol. The molecule has 1 heteroatoms. The second kappa shape index (κ2) is 10.0. The Hall–Kier alpha value is -5.40. The SMILES string of the molecule is CC1(C)c2ccccc2-c2ccc(N(c3cccc(-c4cccc5c4C(C)(C)c4ccccc4-5)c3)c3ccc4ccccc4c3)cc21. The molecule has 0 amide bonds. The third-order valence-corrected chi connectivity index (χ3v) is 10.8. The first-order chi connectivity index (χ1) is 22.8. The third kappa shape index (κ3) is 4.09. The Bertz CT molecular complexity index is 2370. The van der Waals surface area contributed by atoms with E-state index in [1.54, 1.807) is 0 Å². The van der Waals surface area contributed by atoms with Crippen LogP contribution in [0.4, 0.5) is 17.1 Å². The number of rotatable bonds is 4. The first-order valence-corrected chi connectivity index (χ1v) is 16.7. The molecule has 0 bridgehead atoms. The summed E-state index contributed by atoms with van der Waals surface area (Å²) in [6.07, 6.45) is 0. The molecule has 0 aliphatic heterocycles. The number of nitrogens with zero attached hydrogens (tertiary/aromatic N) is 1. The summed E-state index contributed by atoms with van der Waals surface area (Å²) < 4.78 is 0. The van der Waals surface area contributed by atoms with E-state index in [4.69, 9.17) is 0 Å². The van der Waals surface area contributed by atoms with E-state index < -0.39 is 0 Å². The summed E-state index contributed by atoms with van der Waals surface area (Å²) >= 11 is 0. The quantitative estimate of drug-likeness (QED) is 0.193. The molecule has 0 spiro atoms. The molecule has 7 aromatic carbocycles. The molecule has 0 unspecified atom stereocenters. The first kappa shape index (κ1) is 27.9. The van der Waals surface area contributed by atoms with Crippen LogP contribution < -0.4 is 4.90 Å². The summed E-state index contributed by atoms with van der Waals surface area (Å²) in [6, 6.07) is 56.3. The van der Waals surface area contributed by atoms with Crippen LogP contribution in [-0.2, 0) is 10.8 Å². The minimum Gasteiger partial charge on any atom is -0.310 e. The molecule has 1 nitrogen and oxygen atoms in total. The fraction of sp³-hybridized carbons (Fsp3) is 0.130. The van der Waals surface area contributed by atoms with Gasteiger partial charge in [0.25, 0.3) is 0 Å². The Morgan fingerprint density at radius 3 is 1.72 bits per heavy atom. The second-order valence-electron chi connectivity index (χ2n) is 14.2. The van der Waals surface area contributed by atoms with Gasteiger partial charge in [-0.2, -0.15) is 0 Å². The zero-order chi connectivity index (χ0) is 31.9. The van der Waals surface area contributed by atoms with E-state index in [0.29, 0.717) is 0 Å². The van der Waals surface area contributed by atoms with Crippen molar-refractivity contribution >= 4 is 27.8 Å². The van der Waals surface area contributed by atoms with Gasteiger partial charge in [0.15, 0.2) is 0 Å². The Labute approximate surface area is 277 Å². The highest BCUT2D eigenvalue weighted by Crippen LogP contribution is 2.53. The van der Waals surface area contributed by atoms with Crippen LogP contribution in [0.5, 0.6) is 0 Å². The summed E-state index contributed by atoms with van der Waals surface area (Å²) in [5.41, 5.74) is 16.8. The summed E-state index contributed by atoms with van der Waals surface area (Å²) in [5, 5.41) is 2.48. The highest BCUT2D eigenvalue weighted by atomic mass is 15.1. The van der Waals surface area contributed by atoms with E-state index >= 15 is 0 Å². The maximum absolute atomic E-state index is 2.44. The van der Waals surface area contributed by atoms with Crippen molar-refractivity contribution in [2.45, 2.75) is 38.5 Å². The van der Waals surface area contributed by atoms with Gasteiger partial charge in [-0.1, -0.05) is 143 Å². The first-order valence-electron chi connectivity index (χ1n) is 16.7. The molecule has 0 N–H and O–H groups in total. The van der Waals surface area contributed by atoms with Crippen molar-refractivity contribution in [2.75, 3.05) is 4.90 Å². The number of hydrogen-bond acceptors (Lipinski definition) is 1. The van der Waals surface area contributed by atoms with Crippen molar-refractivity contribution in [3.63, 3.8) is 0 Å². The molecule has 0 radical (unpaired) electrons. The van der Waals surface area contributed by atoms with E-state index in [1.165, 1.54) is 72.1 Å². The number of benzene rings is 7. The fourth-order valence-corrected chi connectivity index (χ4v) is 8.50. The van der Waals surface area contributed by atoms with Crippen molar-refractivity contribution in [3.05, 3.63) is 174 Å². The van der Waals surface area contributed by atoms with Gasteiger partial charge in [-0.05, 0) is 103 Å². The fourth-order valence-electron chi connectivity index (χ4n) is 8.50. The van der Waals surface area contributed by atoms with Crippen LogP contribution in [0.25, 0.3) is 44.2 Å². The van der Waals surface area contributed by atoms with Gasteiger partial charge < -0.3 is 4.90 Å². The lowest BCUT2D eigenvalue weighted by Gasteiger charge is -2.29. The molecule has 226 valence electrons. The molecular weight excluding hydrogens is 567 g/mol. The van der Waals surface area contributed by atoms with Crippen LogP contribution in [0.3, 0.4) is 0 Å². The second-order valence-corrected chi connectivity index (χ2v) is 14.2. The number of hydrogen-bond donors (Lipinski definition) is 0. The summed E-state index contributed by atoms with van der Waals surface area (Å²) in [5.74, 6) is 0. The minimum atomic E-state index is -0.0862. The largest absolute Gasteiger partial charge is 0.310 e. The van der Waals surface area contributed by atoms with E-state index in [0.717, 1.165) is 11.4 Å². The third-order valence-electron chi connectivity index (χ3n) is 10.8. The molecule has 2 aliphatic rings. The Kier molecular flexibility index (Phi) is 5.96. The van der Waals surface area contributed by atoms with Crippen molar-refractivity contribution in [1.29, 1.82) is 0 Å². The molecule has 7 aromatic rings. The molecule has 47 heavy (non-hydrogen) atoms. The summed E-state index contributed by atoms with van der Waals surface area (Å²) in [7, 11) is 0. The lowest BCUT2D eigenvalue weighted by molar-refractivity contribution is 0.660. The van der Waals surface area contributed by atoms with Crippen molar-refractivity contribution < 1.29 is 0 Å². The zero-order valence-corrected chi connectivity index (χ0v) is 27.4. The molecule has 0 aromatic heterocycles. The number of anilines is 3. The summed E-state index contributed by atoms with van der Waals surface area (Å²) in [4.78, 5) is 2.44. The van der Waals surface area contributed by atoms with E-state index in [1.807, 2.05) is 0 Å². The Balaban J connectivity index is 1.23. The molecule has 0 fully saturated rings. The highest BCUT2D eigenvalue weighted by Gasteiger charge is 2.38. The molecule has 0 saturated carbocycles. The number of fused-ring (bicyclic) bond motifs is 7. The maximum Gasteiger partial charge on any atom is 0.0468 e. The van der Waals surface area contributed by atoms with E-state index in [-0.39, 0.29) is 10.8 Å². The van der Waals surface area contributed by atoms with Crippen LogP contribution in [0.2, 0.25) is 0 Å². The van der Waals surface area contributed by atoms with Crippen LogP contribution in [0.1, 0.15) is 49.9 Å². The van der Waals surface area contributed by atoms with Crippen molar-refractivity contribution in [1.82, 2.24) is 0 Å². The van der Waals surface area contributed by atoms with E-state index in [9.17, 15) is 0 Å². The maximum atomic E-state index is 2.44. The van der Waals surface area contributed by atoms with Gasteiger partial charge in [0.2, 0.25) is 0 Å². The van der Waals surface area contributed by atoms with Gasteiger partial charge in [0.1, 0.15) is 0 Å². The lowest BCUT2D eigenvalue weighted by Crippen LogP contribution is -2.17. The standard InChI is InChI=1S/C46H37N/c1-45(2)41-21-9-7-17-37(41)39-26-25-35(29-43(39)45)47(34-24-23-30-13-5-6-14-31(30)27-34)33-16-11-15-32(28-33)36-19-12-20-40-38-18-8-10-22-42(38)46(3,4)44(36)40/h5-29H,1-4H3. The lowest BCUT2D eigenvalue weighted by atomic mass is 9.79. The summed E-state index contributed by atoms with van der Waals surface area (Å²) in [6.45, 7) is 9.46. The van der Waals surface area contributed by atoms with Gasteiger partial charge in [-0.15, -0.1) is 0 Å². The normalized spacial score (nSPS) is 14.7. The molecule has 0 saturated heterocycles. The zero-order valence-electron chi connectivity index (χ0n) is 27.4. The topological polar surface area (TPSA) is 3.24 Å². The van der Waals surface area contributed by atoms with Gasteiger partial charge in [0, 0.05) is 27.9 Å². The van der Waals surface area contributed by atoms with Crippen LogP contribution in [0, 0.1) is 0 Å². The molecule has 2 aliphatic carbocycles. The smallest absolute Gasteiger partial charge is 0.0468 e. The van der Waals surface area contributed by atoms with Gasteiger partial charge in [-0.3, -0.25) is 0 Å². The van der Waals surface area contributed by atoms with Crippen molar-refractivity contribution in [2.24, 2.45) is 0 Å². The predicted octanol–water partition coefficient (Wildman–Crippen LogP) is 12.6. The molecule has 0 heterocycles. The van der Waals surface area contributed by atoms with Crippen LogP contribution in [0.15, 0.2) is 152 Å². The van der Waals surface area contributed by atoms with Gasteiger partial charge in [0.05, 0.1) is 0 Å². The minimum absolute atomic E-state index is 0.0793. The monoisotopic (exact) mass is 603 g/mol. The van der Waals surface area contributed by atoms with Crippen LogP contribution in [-0.4, -0.2) is 0 Å². The molecule has 0 atom stereocenters. The average molecular weight is 604 g/mol. The molecular formula is C46H37N. The highest BCUT2D eigenvalue weighted by molar-refractivity contribution is 5.93. The van der Waals surface area contributed by atoms with Crippen LogP contribution >= 0.6 is 0 Å². The van der Waals surface area contributed by atoms with Gasteiger partial charge >= 0.3 is 0 Å². The Morgan fingerprint density at radius 2 is 0.915 bits per heavy atom. The Morgan fingerprint density at radius 1 is 0.362 bits per heavy atom. The molecule has 9 rings (SSSR count). The van der Waals surface area contributed by atoms with E-state index in [2.05, 4.69) is 184 Å².